The molecule has 0 fully saturated rings. The largest absolute Gasteiger partial charge is 0.322 e. The number of hydrogen-bond donors (Lipinski definition) is 2. The van der Waals surface area contributed by atoms with Gasteiger partial charge < -0.3 is 10.3 Å². The number of rotatable bonds is 2. The molecule has 2 N–H and O–H groups in total. The van der Waals surface area contributed by atoms with E-state index in [4.69, 9.17) is 0 Å². The number of aryl methyl sites for hydroxylation is 1. The number of aromatic nitrogens is 1. The summed E-state index contributed by atoms with van der Waals surface area (Å²) in [6, 6.07) is 13.0. The Bertz CT molecular complexity index is 1040. The van der Waals surface area contributed by atoms with Crippen LogP contribution in [-0.2, 0) is 12.8 Å². The van der Waals surface area contributed by atoms with Gasteiger partial charge in [0.1, 0.15) is 0 Å². The van der Waals surface area contributed by atoms with Crippen LogP contribution in [0.1, 0.15) is 34.3 Å². The number of hydrogen-bond acceptors (Lipinski definition) is 2. The normalized spacial score (nSPS) is 13.5. The van der Waals surface area contributed by atoms with Crippen LogP contribution in [0.4, 0.5) is 5.69 Å². The smallest absolute Gasteiger partial charge is 0.255 e. The Kier molecular flexibility index (Phi) is 4.17. The summed E-state index contributed by atoms with van der Waals surface area (Å²) in [5, 5.41) is 3.97. The fraction of sp³-hybridized carbons (Fsp3) is 0.200. The van der Waals surface area contributed by atoms with E-state index in [1.807, 2.05) is 30.3 Å². The predicted octanol–water partition coefficient (Wildman–Crippen LogP) is 4.42. The van der Waals surface area contributed by atoms with E-state index < -0.39 is 0 Å². The molecular weight excluding hydrogens is 380 g/mol. The zero-order chi connectivity index (χ0) is 17.4. The minimum atomic E-state index is -0.180. The maximum absolute atomic E-state index is 12.4. The standard InChI is InChI=1S/C20H17BrN2O2/c21-13-5-3-4-12(10-13)19(24)22-14-8-9-16-15-6-1-2-7-17(15)20(25)23-18(16)11-14/h3-5,8-11H,1-2,6-7H2,(H,22,24)(H,23,25). The van der Waals surface area contributed by atoms with Crippen LogP contribution in [0.3, 0.4) is 0 Å². The van der Waals surface area contributed by atoms with Crippen molar-refractivity contribution in [3.63, 3.8) is 0 Å². The van der Waals surface area contributed by atoms with Crippen molar-refractivity contribution in [1.29, 1.82) is 0 Å². The highest BCUT2D eigenvalue weighted by atomic mass is 79.9. The summed E-state index contributed by atoms with van der Waals surface area (Å²) in [5.41, 5.74) is 4.10. The first-order chi connectivity index (χ1) is 12.1. The van der Waals surface area contributed by atoms with Gasteiger partial charge in [-0.2, -0.15) is 0 Å². The second-order valence-electron chi connectivity index (χ2n) is 6.34. The summed E-state index contributed by atoms with van der Waals surface area (Å²) in [4.78, 5) is 27.7. The highest BCUT2D eigenvalue weighted by Crippen LogP contribution is 2.27. The summed E-state index contributed by atoms with van der Waals surface area (Å²) in [6.45, 7) is 0. The zero-order valence-electron chi connectivity index (χ0n) is 13.6. The summed E-state index contributed by atoms with van der Waals surface area (Å²) in [6.07, 6.45) is 3.98. The van der Waals surface area contributed by atoms with Gasteiger partial charge in [-0.3, -0.25) is 9.59 Å². The van der Waals surface area contributed by atoms with Gasteiger partial charge in [-0.05, 0) is 61.6 Å². The molecule has 126 valence electrons. The van der Waals surface area contributed by atoms with E-state index in [1.54, 1.807) is 12.1 Å². The lowest BCUT2D eigenvalue weighted by atomic mass is 9.90. The van der Waals surface area contributed by atoms with Crippen LogP contribution >= 0.6 is 15.9 Å². The molecule has 4 nitrogen and oxygen atoms in total. The molecule has 1 aliphatic carbocycles. The van der Waals surface area contributed by atoms with Crippen molar-refractivity contribution in [2.45, 2.75) is 25.7 Å². The molecule has 3 aromatic rings. The van der Waals surface area contributed by atoms with Crippen molar-refractivity contribution in [3.8, 4) is 0 Å². The molecule has 2 aromatic carbocycles. The molecule has 1 heterocycles. The molecule has 0 saturated heterocycles. The molecule has 0 spiro atoms. The van der Waals surface area contributed by atoms with Crippen LogP contribution in [0, 0.1) is 0 Å². The number of anilines is 1. The molecule has 0 atom stereocenters. The fourth-order valence-electron chi connectivity index (χ4n) is 3.47. The second kappa shape index (κ2) is 6.48. The van der Waals surface area contributed by atoms with Crippen LogP contribution in [0.2, 0.25) is 0 Å². The van der Waals surface area contributed by atoms with Crippen LogP contribution in [0.15, 0.2) is 51.7 Å². The molecule has 0 bridgehead atoms. The Morgan fingerprint density at radius 2 is 1.84 bits per heavy atom. The van der Waals surface area contributed by atoms with E-state index in [0.29, 0.717) is 11.3 Å². The van der Waals surface area contributed by atoms with Crippen molar-refractivity contribution >= 4 is 38.4 Å². The molecular formula is C20H17BrN2O2. The van der Waals surface area contributed by atoms with Crippen LogP contribution in [-0.4, -0.2) is 10.9 Å². The van der Waals surface area contributed by atoms with Crippen molar-refractivity contribution < 1.29 is 4.79 Å². The van der Waals surface area contributed by atoms with E-state index in [9.17, 15) is 9.59 Å². The second-order valence-corrected chi connectivity index (χ2v) is 7.26. The number of halogens is 1. The molecule has 1 aromatic heterocycles. The molecule has 1 amide bonds. The minimum absolute atomic E-state index is 0.00216. The number of pyridine rings is 1. The van der Waals surface area contributed by atoms with Crippen LogP contribution in [0.25, 0.3) is 10.9 Å². The Balaban J connectivity index is 1.70. The average molecular weight is 397 g/mol. The number of carbonyl (C=O) groups is 1. The number of fused-ring (bicyclic) bond motifs is 3. The molecule has 0 radical (unpaired) electrons. The average Bonchev–Trinajstić information content (AvgIpc) is 2.62. The zero-order valence-corrected chi connectivity index (χ0v) is 15.2. The molecule has 25 heavy (non-hydrogen) atoms. The number of H-pyrrole nitrogens is 1. The number of amides is 1. The van der Waals surface area contributed by atoms with Crippen LogP contribution < -0.4 is 10.9 Å². The lowest BCUT2D eigenvalue weighted by Crippen LogP contribution is -2.19. The van der Waals surface area contributed by atoms with Crippen molar-refractivity contribution in [1.82, 2.24) is 4.98 Å². The molecule has 0 aliphatic heterocycles. The highest BCUT2D eigenvalue weighted by molar-refractivity contribution is 9.10. The van der Waals surface area contributed by atoms with E-state index in [0.717, 1.165) is 52.2 Å². The van der Waals surface area contributed by atoms with Gasteiger partial charge in [0, 0.05) is 26.7 Å². The van der Waals surface area contributed by atoms with E-state index in [-0.39, 0.29) is 11.5 Å². The Hall–Kier alpha value is -2.40. The number of aromatic amines is 1. The first kappa shape index (κ1) is 16.1. The summed E-state index contributed by atoms with van der Waals surface area (Å²) in [5.74, 6) is -0.180. The Morgan fingerprint density at radius 1 is 1.04 bits per heavy atom. The molecule has 0 unspecified atom stereocenters. The third-order valence-electron chi connectivity index (χ3n) is 4.68. The first-order valence-electron chi connectivity index (χ1n) is 8.36. The third-order valence-corrected chi connectivity index (χ3v) is 5.17. The van der Waals surface area contributed by atoms with Crippen LogP contribution in [0.5, 0.6) is 0 Å². The fourth-order valence-corrected chi connectivity index (χ4v) is 3.87. The topological polar surface area (TPSA) is 62.0 Å². The molecule has 0 saturated carbocycles. The molecule has 4 rings (SSSR count). The number of carbonyl (C=O) groups excluding carboxylic acids is 1. The number of benzene rings is 2. The van der Waals surface area contributed by atoms with E-state index in [1.165, 1.54) is 0 Å². The lowest BCUT2D eigenvalue weighted by molar-refractivity contribution is 0.102. The first-order valence-corrected chi connectivity index (χ1v) is 9.16. The van der Waals surface area contributed by atoms with E-state index in [2.05, 4.69) is 26.2 Å². The Morgan fingerprint density at radius 3 is 2.64 bits per heavy atom. The summed E-state index contributed by atoms with van der Waals surface area (Å²) in [7, 11) is 0. The quantitative estimate of drug-likeness (QED) is 0.673. The van der Waals surface area contributed by atoms with Gasteiger partial charge in [0.2, 0.25) is 0 Å². The monoisotopic (exact) mass is 396 g/mol. The maximum atomic E-state index is 12.4. The van der Waals surface area contributed by atoms with E-state index >= 15 is 0 Å². The predicted molar refractivity (Wildman–Crippen MR) is 103 cm³/mol. The van der Waals surface area contributed by atoms with Crippen molar-refractivity contribution in [2.24, 2.45) is 0 Å². The van der Waals surface area contributed by atoms with Gasteiger partial charge in [-0.25, -0.2) is 0 Å². The third kappa shape index (κ3) is 3.12. The summed E-state index contributed by atoms with van der Waals surface area (Å²) >= 11 is 3.37. The molecule has 5 heteroatoms. The van der Waals surface area contributed by atoms with Gasteiger partial charge in [0.15, 0.2) is 0 Å². The minimum Gasteiger partial charge on any atom is -0.322 e. The maximum Gasteiger partial charge on any atom is 0.255 e. The van der Waals surface area contributed by atoms with Gasteiger partial charge in [0.05, 0.1) is 5.52 Å². The van der Waals surface area contributed by atoms with Crippen molar-refractivity contribution in [3.05, 3.63) is 74.0 Å². The summed E-state index contributed by atoms with van der Waals surface area (Å²) < 4.78 is 0.856. The van der Waals surface area contributed by atoms with Gasteiger partial charge in [0.25, 0.3) is 11.5 Å². The lowest BCUT2D eigenvalue weighted by Gasteiger charge is -2.17. The van der Waals surface area contributed by atoms with Gasteiger partial charge >= 0.3 is 0 Å². The van der Waals surface area contributed by atoms with Gasteiger partial charge in [-0.1, -0.05) is 28.1 Å². The SMILES string of the molecule is O=C(Nc1ccc2c3c(c(=O)[nH]c2c1)CCCC3)c1cccc(Br)c1. The Labute approximate surface area is 153 Å². The molecule has 1 aliphatic rings. The van der Waals surface area contributed by atoms with Gasteiger partial charge in [-0.15, -0.1) is 0 Å². The highest BCUT2D eigenvalue weighted by Gasteiger charge is 2.16. The van der Waals surface area contributed by atoms with Crippen molar-refractivity contribution in [2.75, 3.05) is 5.32 Å². The number of nitrogens with one attached hydrogen (secondary N) is 2.